The molecular formula is C22H27ClN2O2. The van der Waals surface area contributed by atoms with Gasteiger partial charge in [0.05, 0.1) is 13.2 Å². The van der Waals surface area contributed by atoms with Gasteiger partial charge in [-0.1, -0.05) is 41.9 Å². The molecule has 5 heteroatoms. The van der Waals surface area contributed by atoms with Crippen molar-refractivity contribution >= 4 is 17.5 Å². The molecule has 1 saturated carbocycles. The molecule has 0 bridgehead atoms. The number of amides is 1. The summed E-state index contributed by atoms with van der Waals surface area (Å²) in [5.41, 5.74) is 2.20. The second-order valence-corrected chi connectivity index (χ2v) is 7.55. The van der Waals surface area contributed by atoms with Crippen LogP contribution in [0.2, 0.25) is 5.02 Å². The molecule has 0 unspecified atom stereocenters. The van der Waals surface area contributed by atoms with Crippen molar-refractivity contribution in [3.63, 3.8) is 0 Å². The fourth-order valence-corrected chi connectivity index (χ4v) is 4.07. The molecule has 1 fully saturated rings. The Morgan fingerprint density at radius 2 is 1.78 bits per heavy atom. The highest BCUT2D eigenvalue weighted by Crippen LogP contribution is 2.32. The van der Waals surface area contributed by atoms with E-state index in [-0.39, 0.29) is 18.0 Å². The Morgan fingerprint density at radius 3 is 2.44 bits per heavy atom. The lowest BCUT2D eigenvalue weighted by Crippen LogP contribution is -2.42. The summed E-state index contributed by atoms with van der Waals surface area (Å²) in [6, 6.07) is 16.8. The van der Waals surface area contributed by atoms with Gasteiger partial charge in [0.2, 0.25) is 5.91 Å². The smallest absolute Gasteiger partial charge is 0.217 e. The number of carbonyl (C=O) groups is 1. The van der Waals surface area contributed by atoms with Gasteiger partial charge in [-0.25, -0.2) is 0 Å². The lowest BCUT2D eigenvalue weighted by Gasteiger charge is -2.33. The molecule has 4 nitrogen and oxygen atoms in total. The van der Waals surface area contributed by atoms with Crippen molar-refractivity contribution in [2.75, 3.05) is 7.11 Å². The van der Waals surface area contributed by atoms with Crippen molar-refractivity contribution < 1.29 is 9.53 Å². The molecule has 3 rings (SSSR count). The number of ether oxygens (including phenoxy) is 1. The topological polar surface area (TPSA) is 50.4 Å². The molecule has 2 aromatic carbocycles. The van der Waals surface area contributed by atoms with Gasteiger partial charge >= 0.3 is 0 Å². The summed E-state index contributed by atoms with van der Waals surface area (Å²) < 4.78 is 5.41. The summed E-state index contributed by atoms with van der Waals surface area (Å²) in [5, 5.41) is 7.60. The molecular weight excluding hydrogens is 360 g/mol. The number of methoxy groups -OCH3 is 1. The number of hydrogen-bond donors (Lipinski definition) is 2. The van der Waals surface area contributed by atoms with Crippen molar-refractivity contribution in [2.45, 2.75) is 50.7 Å². The van der Waals surface area contributed by atoms with Gasteiger partial charge < -0.3 is 15.4 Å². The Bertz CT molecular complexity index is 772. The second-order valence-electron chi connectivity index (χ2n) is 7.15. The van der Waals surface area contributed by atoms with E-state index >= 15 is 0 Å². The van der Waals surface area contributed by atoms with Gasteiger partial charge in [-0.3, -0.25) is 4.79 Å². The van der Waals surface area contributed by atoms with Crippen molar-refractivity contribution in [1.82, 2.24) is 10.6 Å². The molecule has 1 amide bonds. The zero-order valence-corrected chi connectivity index (χ0v) is 16.6. The van der Waals surface area contributed by atoms with Crippen LogP contribution < -0.4 is 15.4 Å². The number of carbonyl (C=O) groups excluding carboxylic acids is 1. The summed E-state index contributed by atoms with van der Waals surface area (Å²) >= 11 is 6.52. The molecule has 1 aliphatic rings. The van der Waals surface area contributed by atoms with Crippen LogP contribution in [-0.4, -0.2) is 25.1 Å². The van der Waals surface area contributed by atoms with Gasteiger partial charge in [0.25, 0.3) is 0 Å². The molecule has 0 radical (unpaired) electrons. The number of rotatable bonds is 6. The van der Waals surface area contributed by atoms with Crippen LogP contribution in [0.15, 0.2) is 48.5 Å². The Morgan fingerprint density at radius 1 is 1.07 bits per heavy atom. The van der Waals surface area contributed by atoms with Gasteiger partial charge in [-0.15, -0.1) is 0 Å². The van der Waals surface area contributed by atoms with E-state index in [1.807, 2.05) is 30.3 Å². The van der Waals surface area contributed by atoms with E-state index in [4.69, 9.17) is 16.3 Å². The third-order valence-electron chi connectivity index (χ3n) is 5.18. The average molecular weight is 387 g/mol. The van der Waals surface area contributed by atoms with E-state index in [0.29, 0.717) is 6.04 Å². The highest BCUT2D eigenvalue weighted by atomic mass is 35.5. The van der Waals surface area contributed by atoms with E-state index in [0.717, 1.165) is 47.6 Å². The van der Waals surface area contributed by atoms with Crippen LogP contribution in [0.3, 0.4) is 0 Å². The molecule has 144 valence electrons. The summed E-state index contributed by atoms with van der Waals surface area (Å²) in [6.45, 7) is 1.58. The quantitative estimate of drug-likeness (QED) is 0.769. The minimum atomic E-state index is -0.00360. The average Bonchev–Trinajstić information content (AvgIpc) is 2.68. The molecule has 0 aliphatic heterocycles. The molecule has 0 heterocycles. The molecule has 0 saturated heterocycles. The first-order valence-electron chi connectivity index (χ1n) is 9.48. The maximum absolute atomic E-state index is 11.3. The van der Waals surface area contributed by atoms with Gasteiger partial charge in [-0.05, 0) is 55.0 Å². The van der Waals surface area contributed by atoms with E-state index in [2.05, 4.69) is 28.8 Å². The van der Waals surface area contributed by atoms with Crippen LogP contribution in [0.4, 0.5) is 0 Å². The summed E-state index contributed by atoms with van der Waals surface area (Å²) in [6.07, 6.45) is 4.03. The first kappa shape index (κ1) is 19.7. The SMILES string of the molecule is COc1cccc([C@@H](NC2CCC(NC(C)=O)CC2)c2ccccc2Cl)c1. The number of hydrogen-bond acceptors (Lipinski definition) is 3. The van der Waals surface area contributed by atoms with Crippen LogP contribution in [0.25, 0.3) is 0 Å². The molecule has 27 heavy (non-hydrogen) atoms. The van der Waals surface area contributed by atoms with Crippen LogP contribution >= 0.6 is 11.6 Å². The summed E-state index contributed by atoms with van der Waals surface area (Å²) in [7, 11) is 1.68. The fourth-order valence-electron chi connectivity index (χ4n) is 3.82. The molecule has 2 aromatic rings. The van der Waals surface area contributed by atoms with E-state index in [1.165, 1.54) is 0 Å². The third kappa shape index (κ3) is 5.24. The molecule has 1 atom stereocenters. The van der Waals surface area contributed by atoms with E-state index in [1.54, 1.807) is 14.0 Å². The van der Waals surface area contributed by atoms with Crippen LogP contribution in [0.5, 0.6) is 5.75 Å². The van der Waals surface area contributed by atoms with Crippen LogP contribution in [0, 0.1) is 0 Å². The second kappa shape index (κ2) is 9.25. The molecule has 0 aromatic heterocycles. The Kier molecular flexibility index (Phi) is 6.75. The number of halogens is 1. The van der Waals surface area contributed by atoms with Gasteiger partial charge in [-0.2, -0.15) is 0 Å². The monoisotopic (exact) mass is 386 g/mol. The van der Waals surface area contributed by atoms with Gasteiger partial charge in [0, 0.05) is 24.0 Å². The first-order chi connectivity index (χ1) is 13.1. The zero-order valence-electron chi connectivity index (χ0n) is 15.9. The van der Waals surface area contributed by atoms with Crippen molar-refractivity contribution in [3.8, 4) is 5.75 Å². The predicted molar refractivity (Wildman–Crippen MR) is 109 cm³/mol. The maximum Gasteiger partial charge on any atom is 0.217 e. The van der Waals surface area contributed by atoms with Crippen molar-refractivity contribution in [3.05, 3.63) is 64.7 Å². The van der Waals surface area contributed by atoms with Crippen LogP contribution in [-0.2, 0) is 4.79 Å². The molecule has 0 spiro atoms. The summed E-state index contributed by atoms with van der Waals surface area (Å²) in [5.74, 6) is 0.887. The zero-order chi connectivity index (χ0) is 19.2. The predicted octanol–water partition coefficient (Wildman–Crippen LogP) is 4.47. The molecule has 2 N–H and O–H groups in total. The number of benzene rings is 2. The largest absolute Gasteiger partial charge is 0.497 e. The standard InChI is InChI=1S/C22H27ClN2O2/c1-15(26)24-17-10-12-18(13-11-17)25-22(20-8-3-4-9-21(20)23)16-6-5-7-19(14-16)27-2/h3-9,14,17-18,22,25H,10-13H2,1-2H3,(H,24,26)/t17?,18?,22-/m1/s1. The first-order valence-corrected chi connectivity index (χ1v) is 9.86. The highest BCUT2D eigenvalue weighted by molar-refractivity contribution is 6.31. The fraction of sp³-hybridized carbons (Fsp3) is 0.409. The Hall–Kier alpha value is -2.04. The normalized spacial score (nSPS) is 20.7. The molecule has 1 aliphatic carbocycles. The lowest BCUT2D eigenvalue weighted by atomic mass is 9.89. The highest BCUT2D eigenvalue weighted by Gasteiger charge is 2.26. The minimum absolute atomic E-state index is 0.00360. The van der Waals surface area contributed by atoms with Crippen molar-refractivity contribution in [1.29, 1.82) is 0 Å². The van der Waals surface area contributed by atoms with E-state index < -0.39 is 0 Å². The van der Waals surface area contributed by atoms with Crippen LogP contribution in [0.1, 0.15) is 49.8 Å². The van der Waals surface area contributed by atoms with E-state index in [9.17, 15) is 4.79 Å². The minimum Gasteiger partial charge on any atom is -0.497 e. The summed E-state index contributed by atoms with van der Waals surface area (Å²) in [4.78, 5) is 11.3. The van der Waals surface area contributed by atoms with Crippen molar-refractivity contribution in [2.24, 2.45) is 0 Å². The maximum atomic E-state index is 11.3. The van der Waals surface area contributed by atoms with Gasteiger partial charge in [0.15, 0.2) is 0 Å². The number of nitrogens with one attached hydrogen (secondary N) is 2. The Balaban J connectivity index is 1.79. The Labute approximate surface area is 166 Å². The van der Waals surface area contributed by atoms with Gasteiger partial charge in [0.1, 0.15) is 5.75 Å². The lowest BCUT2D eigenvalue weighted by molar-refractivity contribution is -0.119. The third-order valence-corrected chi connectivity index (χ3v) is 5.52.